The SMILES string of the molecule is CC(C)[Si](O[C@H](/C=C/COCc1ccccc1)C(C)(C)C)(C(C)C)C(C)C. The third kappa shape index (κ3) is 6.89. The van der Waals surface area contributed by atoms with Crippen molar-refractivity contribution in [2.24, 2.45) is 5.41 Å². The van der Waals surface area contributed by atoms with E-state index in [0.29, 0.717) is 29.8 Å². The molecule has 27 heavy (non-hydrogen) atoms. The van der Waals surface area contributed by atoms with Crippen molar-refractivity contribution in [3.05, 3.63) is 48.0 Å². The van der Waals surface area contributed by atoms with Gasteiger partial charge in [-0.2, -0.15) is 0 Å². The minimum Gasteiger partial charge on any atom is -0.409 e. The summed E-state index contributed by atoms with van der Waals surface area (Å²) >= 11 is 0. The molecule has 1 rings (SSSR count). The van der Waals surface area contributed by atoms with Crippen LogP contribution in [0.25, 0.3) is 0 Å². The molecule has 0 amide bonds. The second kappa shape index (κ2) is 10.6. The molecule has 0 aliphatic heterocycles. The van der Waals surface area contributed by atoms with Crippen molar-refractivity contribution < 1.29 is 9.16 Å². The van der Waals surface area contributed by atoms with Crippen molar-refractivity contribution >= 4 is 8.32 Å². The number of hydrogen-bond donors (Lipinski definition) is 0. The molecule has 2 nitrogen and oxygen atoms in total. The van der Waals surface area contributed by atoms with Crippen LogP contribution in [0.1, 0.15) is 67.9 Å². The molecule has 0 heterocycles. The first-order valence-corrected chi connectivity index (χ1v) is 12.6. The Morgan fingerprint density at radius 1 is 0.889 bits per heavy atom. The van der Waals surface area contributed by atoms with Crippen LogP contribution in [0.2, 0.25) is 16.6 Å². The summed E-state index contributed by atoms with van der Waals surface area (Å²) in [7, 11) is -1.91. The van der Waals surface area contributed by atoms with Crippen LogP contribution < -0.4 is 0 Å². The zero-order chi connectivity index (χ0) is 20.7. The number of rotatable bonds is 10. The summed E-state index contributed by atoms with van der Waals surface area (Å²) in [4.78, 5) is 0. The number of hydrogen-bond acceptors (Lipinski definition) is 2. The molecule has 0 spiro atoms. The maximum atomic E-state index is 7.05. The monoisotopic (exact) mass is 390 g/mol. The predicted octanol–water partition coefficient (Wildman–Crippen LogP) is 7.37. The van der Waals surface area contributed by atoms with Gasteiger partial charge in [-0.3, -0.25) is 0 Å². The molecule has 1 aromatic carbocycles. The average molecular weight is 391 g/mol. The predicted molar refractivity (Wildman–Crippen MR) is 121 cm³/mol. The minimum atomic E-state index is -1.91. The smallest absolute Gasteiger partial charge is 0.201 e. The van der Waals surface area contributed by atoms with E-state index in [2.05, 4.69) is 86.6 Å². The summed E-state index contributed by atoms with van der Waals surface area (Å²) in [6, 6.07) is 10.3. The molecule has 0 saturated carbocycles. The molecule has 0 radical (unpaired) electrons. The highest BCUT2D eigenvalue weighted by atomic mass is 28.4. The molecule has 0 aliphatic carbocycles. The van der Waals surface area contributed by atoms with Gasteiger partial charge in [0.1, 0.15) is 0 Å². The minimum absolute atomic E-state index is 0.0624. The van der Waals surface area contributed by atoms with Gasteiger partial charge in [0, 0.05) is 0 Å². The van der Waals surface area contributed by atoms with Crippen LogP contribution in [0.15, 0.2) is 42.5 Å². The zero-order valence-electron chi connectivity index (χ0n) is 19.1. The lowest BCUT2D eigenvalue weighted by Gasteiger charge is -2.46. The van der Waals surface area contributed by atoms with Gasteiger partial charge in [-0.1, -0.05) is 105 Å². The largest absolute Gasteiger partial charge is 0.409 e. The fraction of sp³-hybridized carbons (Fsp3) is 0.667. The highest BCUT2D eigenvalue weighted by Gasteiger charge is 2.47. The molecule has 0 saturated heterocycles. The first-order valence-electron chi connectivity index (χ1n) is 10.5. The summed E-state index contributed by atoms with van der Waals surface area (Å²) in [5.74, 6) is 0. The molecule has 0 aliphatic rings. The summed E-state index contributed by atoms with van der Waals surface area (Å²) in [5.41, 5.74) is 3.04. The van der Waals surface area contributed by atoms with E-state index in [4.69, 9.17) is 9.16 Å². The first kappa shape index (κ1) is 24.1. The first-order chi connectivity index (χ1) is 12.5. The number of benzene rings is 1. The Kier molecular flexibility index (Phi) is 9.47. The molecule has 0 bridgehead atoms. The molecular weight excluding hydrogens is 348 g/mol. The molecule has 0 unspecified atom stereocenters. The van der Waals surface area contributed by atoms with Crippen LogP contribution in [-0.2, 0) is 15.8 Å². The summed E-state index contributed by atoms with van der Waals surface area (Å²) in [5, 5.41) is 0. The van der Waals surface area contributed by atoms with Gasteiger partial charge in [-0.15, -0.1) is 0 Å². The lowest BCUT2D eigenvalue weighted by molar-refractivity contribution is 0.106. The van der Waals surface area contributed by atoms with Gasteiger partial charge in [-0.25, -0.2) is 0 Å². The van der Waals surface area contributed by atoms with Gasteiger partial charge in [0.15, 0.2) is 0 Å². The molecule has 0 aromatic heterocycles. The van der Waals surface area contributed by atoms with E-state index in [-0.39, 0.29) is 11.5 Å². The van der Waals surface area contributed by atoms with Gasteiger partial charge in [-0.05, 0) is 27.6 Å². The fourth-order valence-electron chi connectivity index (χ4n) is 4.13. The van der Waals surface area contributed by atoms with Gasteiger partial charge >= 0.3 is 0 Å². The fourth-order valence-corrected chi connectivity index (χ4v) is 9.82. The van der Waals surface area contributed by atoms with E-state index in [1.54, 1.807) is 0 Å². The molecule has 1 atom stereocenters. The maximum Gasteiger partial charge on any atom is 0.201 e. The van der Waals surface area contributed by atoms with Crippen molar-refractivity contribution in [1.29, 1.82) is 0 Å². The van der Waals surface area contributed by atoms with Crippen molar-refractivity contribution in [3.63, 3.8) is 0 Å². The summed E-state index contributed by atoms with van der Waals surface area (Å²) in [6.45, 7) is 22.2. The van der Waals surface area contributed by atoms with Gasteiger partial charge in [0.05, 0.1) is 19.3 Å². The van der Waals surface area contributed by atoms with E-state index in [1.807, 2.05) is 18.2 Å². The quantitative estimate of drug-likeness (QED) is 0.236. The van der Waals surface area contributed by atoms with Gasteiger partial charge in [0.25, 0.3) is 0 Å². The van der Waals surface area contributed by atoms with E-state index in [9.17, 15) is 0 Å². The second-order valence-corrected chi connectivity index (χ2v) is 15.1. The Morgan fingerprint density at radius 3 is 1.85 bits per heavy atom. The van der Waals surface area contributed by atoms with Crippen LogP contribution in [-0.4, -0.2) is 21.0 Å². The third-order valence-electron chi connectivity index (χ3n) is 5.53. The van der Waals surface area contributed by atoms with Crippen LogP contribution in [0, 0.1) is 5.41 Å². The normalized spacial score (nSPS) is 14.7. The van der Waals surface area contributed by atoms with Crippen molar-refractivity contribution in [2.45, 2.75) is 91.6 Å². The molecular formula is C24H42O2Si. The van der Waals surface area contributed by atoms with E-state index in [0.717, 1.165) is 0 Å². The van der Waals surface area contributed by atoms with E-state index in [1.165, 1.54) is 5.56 Å². The van der Waals surface area contributed by atoms with Crippen molar-refractivity contribution in [1.82, 2.24) is 0 Å². The lowest BCUT2D eigenvalue weighted by Crippen LogP contribution is -2.52. The Hall–Kier alpha value is -0.903. The molecule has 0 N–H and O–H groups in total. The van der Waals surface area contributed by atoms with E-state index >= 15 is 0 Å². The Balaban J connectivity index is 2.83. The van der Waals surface area contributed by atoms with Crippen LogP contribution >= 0.6 is 0 Å². The summed E-state index contributed by atoms with van der Waals surface area (Å²) in [6.07, 6.45) is 4.48. The topological polar surface area (TPSA) is 18.5 Å². The van der Waals surface area contributed by atoms with Gasteiger partial charge in [0.2, 0.25) is 8.32 Å². The van der Waals surface area contributed by atoms with Crippen molar-refractivity contribution in [3.8, 4) is 0 Å². The second-order valence-electron chi connectivity index (χ2n) is 9.65. The van der Waals surface area contributed by atoms with Crippen molar-refractivity contribution in [2.75, 3.05) is 6.61 Å². The van der Waals surface area contributed by atoms with E-state index < -0.39 is 8.32 Å². The Morgan fingerprint density at radius 2 is 1.41 bits per heavy atom. The Labute approximate surface area is 169 Å². The van der Waals surface area contributed by atoms with Crippen LogP contribution in [0.3, 0.4) is 0 Å². The Bertz CT molecular complexity index is 534. The molecule has 154 valence electrons. The zero-order valence-corrected chi connectivity index (χ0v) is 20.1. The number of ether oxygens (including phenoxy) is 1. The molecule has 3 heteroatoms. The summed E-state index contributed by atoms with van der Waals surface area (Å²) < 4.78 is 12.9. The van der Waals surface area contributed by atoms with Gasteiger partial charge < -0.3 is 9.16 Å². The third-order valence-corrected chi connectivity index (χ3v) is 11.6. The highest BCUT2D eigenvalue weighted by molar-refractivity contribution is 6.77. The van der Waals surface area contributed by atoms with Crippen LogP contribution in [0.5, 0.6) is 0 Å². The lowest BCUT2D eigenvalue weighted by atomic mass is 9.89. The standard InChI is InChI=1S/C24H42O2Si/c1-19(2)27(20(3)4,21(5)6)26-23(24(7,8)9)16-13-17-25-18-22-14-11-10-12-15-22/h10-16,19-21,23H,17-18H2,1-9H3/b16-13+/t23-/m1/s1. The molecule has 1 aromatic rings. The average Bonchev–Trinajstić information content (AvgIpc) is 2.56. The molecule has 0 fully saturated rings. The van der Waals surface area contributed by atoms with Crippen LogP contribution in [0.4, 0.5) is 0 Å². The highest BCUT2D eigenvalue weighted by Crippen LogP contribution is 2.45. The maximum absolute atomic E-state index is 7.05.